The molecule has 0 aliphatic carbocycles. The normalized spacial score (nSPS) is 12.3. The van der Waals surface area contributed by atoms with Gasteiger partial charge in [-0.05, 0) is 36.8 Å². The first kappa shape index (κ1) is 15.1. The van der Waals surface area contributed by atoms with E-state index in [1.165, 1.54) is 12.1 Å². The Bertz CT molecular complexity index is 666. The van der Waals surface area contributed by atoms with Gasteiger partial charge in [-0.25, -0.2) is 4.99 Å². The van der Waals surface area contributed by atoms with Crippen LogP contribution >= 0.6 is 0 Å². The molecule has 0 saturated carbocycles. The van der Waals surface area contributed by atoms with Crippen molar-refractivity contribution in [3.8, 4) is 0 Å². The predicted molar refractivity (Wildman–Crippen MR) is 73.7 cm³/mol. The second kappa shape index (κ2) is 5.97. The summed E-state index contributed by atoms with van der Waals surface area (Å²) in [5, 5.41) is 9.14. The van der Waals surface area contributed by atoms with Crippen LogP contribution in [0.2, 0.25) is 0 Å². The minimum Gasteiger partial charge on any atom is -0.290 e. The smallest absolute Gasteiger partial charge is 0.290 e. The van der Waals surface area contributed by atoms with E-state index in [0.29, 0.717) is 5.69 Å². The molecule has 21 heavy (non-hydrogen) atoms. The third-order valence-corrected chi connectivity index (χ3v) is 2.81. The Hall–Kier alpha value is -2.34. The highest BCUT2D eigenvalue weighted by Crippen LogP contribution is 2.29. The van der Waals surface area contributed by atoms with Gasteiger partial charge >= 0.3 is 6.18 Å². The molecule has 0 heterocycles. The molecule has 0 aliphatic heterocycles. The Morgan fingerprint density at radius 2 is 1.81 bits per heavy atom. The van der Waals surface area contributed by atoms with Gasteiger partial charge in [-0.3, -0.25) is 10.7 Å². The topological polar surface area (TPSA) is 44.6 Å². The van der Waals surface area contributed by atoms with Crippen molar-refractivity contribution < 1.29 is 18.4 Å². The average Bonchev–Trinajstić information content (AvgIpc) is 2.44. The van der Waals surface area contributed by atoms with Crippen LogP contribution in [0.5, 0.6) is 0 Å². The number of nitrogens with zero attached hydrogens (tertiary/aromatic N) is 1. The first-order chi connectivity index (χ1) is 9.90. The maximum atomic E-state index is 12.7. The fourth-order valence-electron chi connectivity index (χ4n) is 1.82. The van der Waals surface area contributed by atoms with Gasteiger partial charge in [0.25, 0.3) is 0 Å². The van der Waals surface area contributed by atoms with Gasteiger partial charge in [-0.2, -0.15) is 13.2 Å². The molecule has 0 fully saturated rings. The van der Waals surface area contributed by atoms with Gasteiger partial charge in [0.2, 0.25) is 0 Å². The Morgan fingerprint density at radius 1 is 1.10 bits per heavy atom. The largest absolute Gasteiger partial charge is 0.416 e. The van der Waals surface area contributed by atoms with Crippen molar-refractivity contribution in [2.45, 2.75) is 13.1 Å². The van der Waals surface area contributed by atoms with Crippen LogP contribution in [-0.2, 0) is 6.18 Å². The zero-order valence-electron chi connectivity index (χ0n) is 11.1. The zero-order valence-corrected chi connectivity index (χ0v) is 11.1. The number of hydroxylamine groups is 1. The first-order valence-electron chi connectivity index (χ1n) is 6.13. The highest BCUT2D eigenvalue weighted by molar-refractivity contribution is 5.99. The molecule has 0 atom stereocenters. The van der Waals surface area contributed by atoms with Crippen LogP contribution in [0.3, 0.4) is 0 Å². The molecule has 0 saturated heterocycles. The van der Waals surface area contributed by atoms with E-state index in [9.17, 15) is 13.2 Å². The van der Waals surface area contributed by atoms with Gasteiger partial charge in [0.15, 0.2) is 5.84 Å². The van der Waals surface area contributed by atoms with Crippen molar-refractivity contribution >= 4 is 11.5 Å². The number of hydrogen-bond donors (Lipinski definition) is 2. The Labute approximate surface area is 119 Å². The molecule has 2 aromatic carbocycles. The number of hydrogen-bond acceptors (Lipinski definition) is 2. The summed E-state index contributed by atoms with van der Waals surface area (Å²) in [5.74, 6) is -0.0494. The van der Waals surface area contributed by atoms with E-state index in [0.717, 1.165) is 17.7 Å². The predicted octanol–water partition coefficient (Wildman–Crippen LogP) is 4.07. The number of aryl methyl sites for hydroxylation is 1. The summed E-state index contributed by atoms with van der Waals surface area (Å²) in [5.41, 5.74) is 2.68. The molecule has 3 nitrogen and oxygen atoms in total. The molecule has 0 radical (unpaired) electrons. The standard InChI is InChI=1S/C15H13F3N2O/c1-10-4-2-7-13(8-10)19-14(20-21)11-5-3-6-12(9-11)15(16,17)18/h2-9,21H,1H3,(H,19,20). The van der Waals surface area contributed by atoms with Crippen LogP contribution in [0.25, 0.3) is 0 Å². The first-order valence-corrected chi connectivity index (χ1v) is 6.13. The SMILES string of the molecule is Cc1cccc(N=C(NO)c2cccc(C(F)(F)F)c2)c1. The van der Waals surface area contributed by atoms with Crippen LogP contribution in [-0.4, -0.2) is 11.0 Å². The summed E-state index contributed by atoms with van der Waals surface area (Å²) in [6.07, 6.45) is -4.44. The van der Waals surface area contributed by atoms with Crippen molar-refractivity contribution in [3.63, 3.8) is 0 Å². The van der Waals surface area contributed by atoms with Gasteiger partial charge in [0, 0.05) is 5.56 Å². The minimum atomic E-state index is -4.44. The number of benzene rings is 2. The lowest BCUT2D eigenvalue weighted by Gasteiger charge is -2.10. The molecule has 6 heteroatoms. The lowest BCUT2D eigenvalue weighted by Crippen LogP contribution is -2.20. The zero-order chi connectivity index (χ0) is 15.5. The van der Waals surface area contributed by atoms with E-state index < -0.39 is 11.7 Å². The number of amidine groups is 1. The van der Waals surface area contributed by atoms with Gasteiger partial charge in [-0.15, -0.1) is 0 Å². The van der Waals surface area contributed by atoms with Crippen LogP contribution in [0.15, 0.2) is 53.5 Å². The molecule has 2 rings (SSSR count). The average molecular weight is 294 g/mol. The summed E-state index contributed by atoms with van der Waals surface area (Å²) in [7, 11) is 0. The molecular weight excluding hydrogens is 281 g/mol. The van der Waals surface area contributed by atoms with E-state index in [-0.39, 0.29) is 11.4 Å². The molecular formula is C15H13F3N2O. The van der Waals surface area contributed by atoms with E-state index in [1.54, 1.807) is 18.2 Å². The fraction of sp³-hybridized carbons (Fsp3) is 0.133. The van der Waals surface area contributed by atoms with Gasteiger partial charge in [0.05, 0.1) is 11.3 Å². The summed E-state index contributed by atoms with van der Waals surface area (Å²) < 4.78 is 38.1. The van der Waals surface area contributed by atoms with Crippen LogP contribution in [0.4, 0.5) is 18.9 Å². The number of nitrogens with one attached hydrogen (secondary N) is 1. The minimum absolute atomic E-state index is 0.0494. The van der Waals surface area contributed by atoms with Crippen molar-refractivity contribution in [2.24, 2.45) is 4.99 Å². The summed E-state index contributed by atoms with van der Waals surface area (Å²) >= 11 is 0. The number of rotatable bonds is 2. The third kappa shape index (κ3) is 3.82. The summed E-state index contributed by atoms with van der Waals surface area (Å²) in [6.45, 7) is 1.87. The van der Waals surface area contributed by atoms with Gasteiger partial charge in [-0.1, -0.05) is 24.3 Å². The molecule has 2 N–H and O–H groups in total. The van der Waals surface area contributed by atoms with Gasteiger partial charge in [0.1, 0.15) is 0 Å². The number of halogens is 3. The molecule has 0 spiro atoms. The van der Waals surface area contributed by atoms with Crippen LogP contribution in [0.1, 0.15) is 16.7 Å². The van der Waals surface area contributed by atoms with Crippen molar-refractivity contribution in [1.82, 2.24) is 5.48 Å². The van der Waals surface area contributed by atoms with Crippen LogP contribution in [0, 0.1) is 6.92 Å². The Morgan fingerprint density at radius 3 is 2.43 bits per heavy atom. The number of alkyl halides is 3. The Kier molecular flexibility index (Phi) is 4.28. The third-order valence-electron chi connectivity index (χ3n) is 2.81. The van der Waals surface area contributed by atoms with E-state index in [1.807, 2.05) is 18.5 Å². The van der Waals surface area contributed by atoms with Crippen molar-refractivity contribution in [1.29, 1.82) is 0 Å². The second-order valence-corrected chi connectivity index (χ2v) is 4.49. The quantitative estimate of drug-likeness (QED) is 0.498. The lowest BCUT2D eigenvalue weighted by molar-refractivity contribution is -0.137. The molecule has 0 amide bonds. The van der Waals surface area contributed by atoms with Crippen molar-refractivity contribution in [2.75, 3.05) is 0 Å². The molecule has 0 aliphatic rings. The van der Waals surface area contributed by atoms with E-state index in [4.69, 9.17) is 5.21 Å². The molecule has 0 bridgehead atoms. The fourth-order valence-corrected chi connectivity index (χ4v) is 1.82. The molecule has 2 aromatic rings. The van der Waals surface area contributed by atoms with E-state index in [2.05, 4.69) is 4.99 Å². The molecule has 110 valence electrons. The molecule has 0 unspecified atom stereocenters. The molecule has 0 aromatic heterocycles. The number of aliphatic imine (C=N–C) groups is 1. The van der Waals surface area contributed by atoms with Crippen LogP contribution < -0.4 is 5.48 Å². The monoisotopic (exact) mass is 294 g/mol. The maximum absolute atomic E-state index is 12.7. The summed E-state index contributed by atoms with van der Waals surface area (Å²) in [4.78, 5) is 4.12. The summed E-state index contributed by atoms with van der Waals surface area (Å²) in [6, 6.07) is 11.7. The van der Waals surface area contributed by atoms with E-state index >= 15 is 0 Å². The van der Waals surface area contributed by atoms with Crippen molar-refractivity contribution in [3.05, 3.63) is 65.2 Å². The highest BCUT2D eigenvalue weighted by Gasteiger charge is 2.30. The highest BCUT2D eigenvalue weighted by atomic mass is 19.4. The van der Waals surface area contributed by atoms with Gasteiger partial charge < -0.3 is 0 Å². The lowest BCUT2D eigenvalue weighted by atomic mass is 10.1. The maximum Gasteiger partial charge on any atom is 0.416 e. The Balaban J connectivity index is 2.42. The second-order valence-electron chi connectivity index (χ2n) is 4.49.